The monoisotopic (exact) mass is 405 g/mol. The smallest absolute Gasteiger partial charge is 0.174 e. The third-order valence-electron chi connectivity index (χ3n) is 5.28. The molecule has 0 radical (unpaired) electrons. The molecule has 0 spiro atoms. The van der Waals surface area contributed by atoms with Crippen molar-refractivity contribution in [2.45, 2.75) is 33.4 Å². The fourth-order valence-electron chi connectivity index (χ4n) is 4.11. The van der Waals surface area contributed by atoms with Crippen molar-refractivity contribution in [2.75, 3.05) is 18.5 Å². The molecule has 1 aliphatic heterocycles. The van der Waals surface area contributed by atoms with Gasteiger partial charge in [0.1, 0.15) is 5.75 Å². The van der Waals surface area contributed by atoms with Crippen molar-refractivity contribution >= 4 is 23.0 Å². The summed E-state index contributed by atoms with van der Waals surface area (Å²) in [6.45, 7) is 8.67. The SMILES string of the molecule is CCOc1ccc(C2c3cccn3CCN2C(=S)Nc2cc(C)cc(C)c2)cc1. The van der Waals surface area contributed by atoms with Gasteiger partial charge in [0, 0.05) is 30.7 Å². The predicted octanol–water partition coefficient (Wildman–Crippen LogP) is 5.31. The summed E-state index contributed by atoms with van der Waals surface area (Å²) in [6.07, 6.45) is 2.15. The predicted molar refractivity (Wildman–Crippen MR) is 123 cm³/mol. The molecule has 29 heavy (non-hydrogen) atoms. The zero-order chi connectivity index (χ0) is 20.4. The Morgan fingerprint density at radius 2 is 1.79 bits per heavy atom. The van der Waals surface area contributed by atoms with Gasteiger partial charge >= 0.3 is 0 Å². The molecule has 0 saturated carbocycles. The van der Waals surface area contributed by atoms with Crippen molar-refractivity contribution in [1.29, 1.82) is 0 Å². The Labute approximate surface area is 178 Å². The Bertz CT molecular complexity index is 989. The molecule has 2 heterocycles. The number of nitrogens with one attached hydrogen (secondary N) is 1. The number of hydrogen-bond acceptors (Lipinski definition) is 2. The second-order valence-corrected chi connectivity index (χ2v) is 7.92. The van der Waals surface area contributed by atoms with E-state index in [2.05, 4.69) is 77.3 Å². The second-order valence-electron chi connectivity index (χ2n) is 7.53. The molecule has 1 N–H and O–H groups in total. The quantitative estimate of drug-likeness (QED) is 0.596. The minimum Gasteiger partial charge on any atom is -0.494 e. The lowest BCUT2D eigenvalue weighted by Crippen LogP contribution is -2.44. The standard InChI is InChI=1S/C24H27N3OS/c1-4-28-21-9-7-19(8-10-21)23-22-6-5-11-26(22)12-13-27(23)24(29)25-20-15-17(2)14-18(3)16-20/h5-11,14-16,23H,4,12-13H2,1-3H3,(H,25,29). The van der Waals surface area contributed by atoms with E-state index in [1.165, 1.54) is 22.4 Å². The lowest BCUT2D eigenvalue weighted by atomic mass is 10.00. The van der Waals surface area contributed by atoms with E-state index in [0.29, 0.717) is 6.61 Å². The van der Waals surface area contributed by atoms with Crippen molar-refractivity contribution in [3.05, 3.63) is 83.2 Å². The molecule has 0 bridgehead atoms. The van der Waals surface area contributed by atoms with Gasteiger partial charge in [-0.1, -0.05) is 18.2 Å². The first-order valence-electron chi connectivity index (χ1n) is 10.1. The number of thiocarbonyl (C=S) groups is 1. The zero-order valence-corrected chi connectivity index (χ0v) is 18.0. The summed E-state index contributed by atoms with van der Waals surface area (Å²) in [6, 6.07) is 19.2. The second kappa shape index (κ2) is 8.29. The average molecular weight is 406 g/mol. The number of ether oxygens (including phenoxy) is 1. The molecule has 4 rings (SSSR count). The van der Waals surface area contributed by atoms with Crippen LogP contribution in [0, 0.1) is 13.8 Å². The van der Waals surface area contributed by atoms with Crippen LogP contribution in [0.15, 0.2) is 60.8 Å². The molecule has 1 aromatic heterocycles. The number of benzene rings is 2. The maximum absolute atomic E-state index is 5.87. The summed E-state index contributed by atoms with van der Waals surface area (Å²) < 4.78 is 7.94. The maximum Gasteiger partial charge on any atom is 0.174 e. The molecular formula is C24H27N3OS. The molecule has 0 saturated heterocycles. The number of rotatable bonds is 4. The van der Waals surface area contributed by atoms with Crippen LogP contribution < -0.4 is 10.1 Å². The molecule has 150 valence electrons. The van der Waals surface area contributed by atoms with Crippen LogP contribution >= 0.6 is 12.2 Å². The Morgan fingerprint density at radius 1 is 1.07 bits per heavy atom. The van der Waals surface area contributed by atoms with Crippen LogP contribution in [0.25, 0.3) is 0 Å². The van der Waals surface area contributed by atoms with E-state index >= 15 is 0 Å². The number of aryl methyl sites for hydroxylation is 2. The number of anilines is 1. The molecule has 1 aliphatic rings. The number of aromatic nitrogens is 1. The van der Waals surface area contributed by atoms with E-state index in [1.807, 2.05) is 19.1 Å². The maximum atomic E-state index is 5.87. The van der Waals surface area contributed by atoms with E-state index in [-0.39, 0.29) is 6.04 Å². The minimum absolute atomic E-state index is 0.0698. The summed E-state index contributed by atoms with van der Waals surface area (Å²) in [5, 5.41) is 4.22. The van der Waals surface area contributed by atoms with Crippen molar-refractivity contribution in [2.24, 2.45) is 0 Å². The summed E-state index contributed by atoms with van der Waals surface area (Å²) in [5.41, 5.74) is 5.96. The lowest BCUT2D eigenvalue weighted by Gasteiger charge is -2.39. The van der Waals surface area contributed by atoms with Gasteiger partial charge in [0.15, 0.2) is 5.11 Å². The fourth-order valence-corrected chi connectivity index (χ4v) is 4.42. The number of fused-ring (bicyclic) bond motifs is 1. The van der Waals surface area contributed by atoms with Crippen LogP contribution in [0.5, 0.6) is 5.75 Å². The van der Waals surface area contributed by atoms with Crippen molar-refractivity contribution in [3.8, 4) is 5.75 Å². The molecule has 0 amide bonds. The number of nitrogens with zero attached hydrogens (tertiary/aromatic N) is 2. The van der Waals surface area contributed by atoms with Crippen LogP contribution in [-0.4, -0.2) is 27.7 Å². The summed E-state index contributed by atoms with van der Waals surface area (Å²) in [4.78, 5) is 2.29. The summed E-state index contributed by atoms with van der Waals surface area (Å²) in [7, 11) is 0. The van der Waals surface area contributed by atoms with Gasteiger partial charge in [-0.3, -0.25) is 0 Å². The largest absolute Gasteiger partial charge is 0.494 e. The highest BCUT2D eigenvalue weighted by Gasteiger charge is 2.30. The van der Waals surface area contributed by atoms with Crippen LogP contribution in [0.1, 0.15) is 35.3 Å². The Hall–Kier alpha value is -2.79. The van der Waals surface area contributed by atoms with Gasteiger partial charge in [-0.25, -0.2) is 0 Å². The fraction of sp³-hybridized carbons (Fsp3) is 0.292. The van der Waals surface area contributed by atoms with E-state index in [4.69, 9.17) is 17.0 Å². The van der Waals surface area contributed by atoms with Crippen molar-refractivity contribution in [3.63, 3.8) is 0 Å². The van der Waals surface area contributed by atoms with Crippen LogP contribution in [-0.2, 0) is 6.54 Å². The molecule has 1 unspecified atom stereocenters. The summed E-state index contributed by atoms with van der Waals surface area (Å²) in [5.74, 6) is 0.893. The molecule has 0 fully saturated rings. The molecule has 1 atom stereocenters. The van der Waals surface area contributed by atoms with Gasteiger partial charge in [0.05, 0.1) is 12.6 Å². The first-order chi connectivity index (χ1) is 14.0. The highest BCUT2D eigenvalue weighted by Crippen LogP contribution is 2.34. The topological polar surface area (TPSA) is 29.4 Å². The van der Waals surface area contributed by atoms with Crippen LogP contribution in [0.2, 0.25) is 0 Å². The van der Waals surface area contributed by atoms with Gasteiger partial charge in [-0.05, 0) is 86.1 Å². The number of hydrogen-bond donors (Lipinski definition) is 1. The van der Waals surface area contributed by atoms with Gasteiger partial charge in [-0.15, -0.1) is 0 Å². The molecule has 2 aromatic carbocycles. The van der Waals surface area contributed by atoms with Crippen LogP contribution in [0.3, 0.4) is 0 Å². The molecule has 5 heteroatoms. The highest BCUT2D eigenvalue weighted by atomic mass is 32.1. The Morgan fingerprint density at radius 3 is 2.48 bits per heavy atom. The van der Waals surface area contributed by atoms with Gasteiger partial charge in [-0.2, -0.15) is 0 Å². The van der Waals surface area contributed by atoms with E-state index in [9.17, 15) is 0 Å². The van der Waals surface area contributed by atoms with Gasteiger partial charge in [0.2, 0.25) is 0 Å². The minimum atomic E-state index is 0.0698. The Balaban J connectivity index is 1.64. The van der Waals surface area contributed by atoms with Crippen molar-refractivity contribution < 1.29 is 4.74 Å². The highest BCUT2D eigenvalue weighted by molar-refractivity contribution is 7.80. The van der Waals surface area contributed by atoms with Crippen molar-refractivity contribution in [1.82, 2.24) is 9.47 Å². The van der Waals surface area contributed by atoms with Gasteiger partial charge < -0.3 is 19.5 Å². The van der Waals surface area contributed by atoms with E-state index in [1.54, 1.807) is 0 Å². The average Bonchev–Trinajstić information content (AvgIpc) is 3.16. The molecule has 0 aliphatic carbocycles. The zero-order valence-electron chi connectivity index (χ0n) is 17.2. The lowest BCUT2D eigenvalue weighted by molar-refractivity contribution is 0.293. The van der Waals surface area contributed by atoms with Gasteiger partial charge in [0.25, 0.3) is 0 Å². The van der Waals surface area contributed by atoms with E-state index < -0.39 is 0 Å². The molecule has 3 aromatic rings. The Kier molecular flexibility index (Phi) is 5.58. The van der Waals surface area contributed by atoms with Crippen LogP contribution in [0.4, 0.5) is 5.69 Å². The summed E-state index contributed by atoms with van der Waals surface area (Å²) >= 11 is 5.87. The first-order valence-corrected chi connectivity index (χ1v) is 10.5. The molecule has 4 nitrogen and oxygen atoms in total. The van der Waals surface area contributed by atoms with E-state index in [0.717, 1.165) is 29.6 Å². The molecular weight excluding hydrogens is 378 g/mol. The third-order valence-corrected chi connectivity index (χ3v) is 5.62. The normalized spacial score (nSPS) is 15.7. The third kappa shape index (κ3) is 4.15. The first kappa shape index (κ1) is 19.5.